The Morgan fingerprint density at radius 3 is 2.32 bits per heavy atom. The number of aryl methyl sites for hydroxylation is 1. The number of likely N-dealkylation sites (N-methyl/N-ethyl adjacent to an activating group) is 1. The van der Waals surface area contributed by atoms with Crippen molar-refractivity contribution in [1.29, 1.82) is 0 Å². The molecule has 1 saturated heterocycles. The molecule has 0 saturated carbocycles. The lowest BCUT2D eigenvalue weighted by atomic mass is 10.1. The SMILES string of the molecule is CCN1CCN(C(=O)c2cccc(CS(=O)(=O)CC(=O)Nc3ccc(C)cc3)c2)CC1. The van der Waals surface area contributed by atoms with E-state index >= 15 is 0 Å². The number of carbonyl (C=O) groups excluding carboxylic acids is 2. The van der Waals surface area contributed by atoms with E-state index in [1.54, 1.807) is 41.3 Å². The van der Waals surface area contributed by atoms with Gasteiger partial charge in [-0.05, 0) is 43.3 Å². The van der Waals surface area contributed by atoms with Gasteiger partial charge in [-0.2, -0.15) is 0 Å². The Hall–Kier alpha value is -2.71. The number of benzene rings is 2. The number of nitrogens with zero attached hydrogens (tertiary/aromatic N) is 2. The summed E-state index contributed by atoms with van der Waals surface area (Å²) in [7, 11) is -3.68. The normalized spacial score (nSPS) is 15.0. The van der Waals surface area contributed by atoms with Gasteiger partial charge in [0.05, 0.1) is 5.75 Å². The summed E-state index contributed by atoms with van der Waals surface area (Å²) < 4.78 is 25.1. The van der Waals surface area contributed by atoms with Crippen LogP contribution in [-0.4, -0.2) is 68.5 Å². The number of piperazine rings is 1. The van der Waals surface area contributed by atoms with Gasteiger partial charge in [0, 0.05) is 37.4 Å². The molecule has 0 spiro atoms. The molecule has 0 aliphatic carbocycles. The van der Waals surface area contributed by atoms with E-state index in [4.69, 9.17) is 0 Å². The fourth-order valence-corrected chi connectivity index (χ4v) is 4.84. The van der Waals surface area contributed by atoms with Gasteiger partial charge in [-0.25, -0.2) is 8.42 Å². The Morgan fingerprint density at radius 2 is 1.68 bits per heavy atom. The van der Waals surface area contributed by atoms with Gasteiger partial charge >= 0.3 is 0 Å². The Kier molecular flexibility index (Phi) is 7.46. The molecule has 0 bridgehead atoms. The number of carbonyl (C=O) groups is 2. The molecule has 0 aromatic heterocycles. The van der Waals surface area contributed by atoms with Crippen LogP contribution in [0.1, 0.15) is 28.4 Å². The highest BCUT2D eigenvalue weighted by Crippen LogP contribution is 2.14. The highest BCUT2D eigenvalue weighted by molar-refractivity contribution is 7.91. The minimum Gasteiger partial charge on any atom is -0.336 e. The zero-order valence-electron chi connectivity index (χ0n) is 18.0. The Labute approximate surface area is 184 Å². The zero-order chi connectivity index (χ0) is 22.4. The van der Waals surface area contributed by atoms with Gasteiger partial charge in [0.25, 0.3) is 5.91 Å². The first-order valence-corrected chi connectivity index (χ1v) is 12.3. The average Bonchev–Trinajstić information content (AvgIpc) is 2.74. The van der Waals surface area contributed by atoms with Crippen LogP contribution in [0.3, 0.4) is 0 Å². The molecule has 7 nitrogen and oxygen atoms in total. The summed E-state index contributed by atoms with van der Waals surface area (Å²) in [6.45, 7) is 8.00. The zero-order valence-corrected chi connectivity index (χ0v) is 18.8. The molecule has 0 unspecified atom stereocenters. The standard InChI is InChI=1S/C23H29N3O4S/c1-3-25-11-13-26(14-12-25)23(28)20-6-4-5-19(15-20)16-31(29,30)17-22(27)24-21-9-7-18(2)8-10-21/h4-10,15H,3,11-14,16-17H2,1-2H3,(H,24,27). The van der Waals surface area contributed by atoms with Crippen molar-refractivity contribution in [3.05, 3.63) is 65.2 Å². The highest BCUT2D eigenvalue weighted by Gasteiger charge is 2.22. The van der Waals surface area contributed by atoms with Crippen molar-refractivity contribution < 1.29 is 18.0 Å². The maximum Gasteiger partial charge on any atom is 0.253 e. The van der Waals surface area contributed by atoms with Crippen molar-refractivity contribution in [1.82, 2.24) is 9.80 Å². The molecule has 2 aromatic carbocycles. The molecular formula is C23H29N3O4S. The minimum absolute atomic E-state index is 0.0906. The number of amides is 2. The van der Waals surface area contributed by atoms with Crippen molar-refractivity contribution in [3.8, 4) is 0 Å². The first kappa shape index (κ1) is 23.0. The number of sulfone groups is 1. The molecule has 0 radical (unpaired) electrons. The van der Waals surface area contributed by atoms with E-state index in [0.29, 0.717) is 29.9 Å². The summed E-state index contributed by atoms with van der Waals surface area (Å²) in [6, 6.07) is 13.8. The van der Waals surface area contributed by atoms with E-state index in [2.05, 4.69) is 17.1 Å². The monoisotopic (exact) mass is 443 g/mol. The number of rotatable bonds is 7. The second kappa shape index (κ2) is 10.1. The van der Waals surface area contributed by atoms with Crippen LogP contribution in [0.5, 0.6) is 0 Å². The van der Waals surface area contributed by atoms with Crippen molar-refractivity contribution in [2.45, 2.75) is 19.6 Å². The molecule has 0 atom stereocenters. The van der Waals surface area contributed by atoms with Crippen molar-refractivity contribution >= 4 is 27.3 Å². The second-order valence-electron chi connectivity index (χ2n) is 7.87. The maximum atomic E-state index is 12.8. The third kappa shape index (κ3) is 6.63. The molecule has 31 heavy (non-hydrogen) atoms. The van der Waals surface area contributed by atoms with Crippen molar-refractivity contribution in [2.75, 3.05) is 43.8 Å². The Bertz CT molecular complexity index is 1030. The summed E-state index contributed by atoms with van der Waals surface area (Å²) in [5.41, 5.74) is 2.58. The first-order chi connectivity index (χ1) is 14.8. The van der Waals surface area contributed by atoms with Crippen molar-refractivity contribution in [2.24, 2.45) is 0 Å². The third-order valence-corrected chi connectivity index (χ3v) is 6.83. The summed E-state index contributed by atoms with van der Waals surface area (Å²) >= 11 is 0. The average molecular weight is 444 g/mol. The molecule has 166 valence electrons. The van der Waals surface area contributed by atoms with Crippen LogP contribution < -0.4 is 5.32 Å². The highest BCUT2D eigenvalue weighted by atomic mass is 32.2. The molecule has 1 aliphatic rings. The number of nitrogens with one attached hydrogen (secondary N) is 1. The molecule has 1 heterocycles. The quantitative estimate of drug-likeness (QED) is 0.710. The lowest BCUT2D eigenvalue weighted by Crippen LogP contribution is -2.48. The summed E-state index contributed by atoms with van der Waals surface area (Å²) in [5, 5.41) is 2.61. The van der Waals surface area contributed by atoms with E-state index in [9.17, 15) is 18.0 Å². The third-order valence-electron chi connectivity index (χ3n) is 5.35. The molecular weight excluding hydrogens is 414 g/mol. The van der Waals surface area contributed by atoms with Gasteiger partial charge in [-0.3, -0.25) is 9.59 Å². The van der Waals surface area contributed by atoms with Gasteiger partial charge in [-0.15, -0.1) is 0 Å². The molecule has 1 aliphatic heterocycles. The lowest BCUT2D eigenvalue weighted by Gasteiger charge is -2.34. The summed E-state index contributed by atoms with van der Waals surface area (Å²) in [6.07, 6.45) is 0. The molecule has 2 amide bonds. The predicted octanol–water partition coefficient (Wildman–Crippen LogP) is 2.33. The fourth-order valence-electron chi connectivity index (χ4n) is 3.58. The predicted molar refractivity (Wildman–Crippen MR) is 122 cm³/mol. The van der Waals surface area contributed by atoms with Crippen LogP contribution in [0.2, 0.25) is 0 Å². The van der Waals surface area contributed by atoms with Gasteiger partial charge in [0.15, 0.2) is 9.84 Å². The van der Waals surface area contributed by atoms with E-state index < -0.39 is 21.5 Å². The Balaban J connectivity index is 1.60. The summed E-state index contributed by atoms with van der Waals surface area (Å²) in [5.74, 6) is -1.58. The second-order valence-corrected chi connectivity index (χ2v) is 9.94. The molecule has 8 heteroatoms. The van der Waals surface area contributed by atoms with Gasteiger partial charge in [0.2, 0.25) is 5.91 Å². The van der Waals surface area contributed by atoms with Gasteiger partial charge in [0.1, 0.15) is 5.75 Å². The van der Waals surface area contributed by atoms with Crippen LogP contribution >= 0.6 is 0 Å². The number of hydrogen-bond acceptors (Lipinski definition) is 5. The van der Waals surface area contributed by atoms with Crippen LogP contribution in [0.4, 0.5) is 5.69 Å². The lowest BCUT2D eigenvalue weighted by molar-refractivity contribution is -0.113. The van der Waals surface area contributed by atoms with Gasteiger partial charge in [-0.1, -0.05) is 36.8 Å². The fraction of sp³-hybridized carbons (Fsp3) is 0.391. The minimum atomic E-state index is -3.68. The number of anilines is 1. The van der Waals surface area contributed by atoms with Gasteiger partial charge < -0.3 is 15.1 Å². The molecule has 1 N–H and O–H groups in total. The van der Waals surface area contributed by atoms with E-state index in [1.807, 2.05) is 19.1 Å². The van der Waals surface area contributed by atoms with Crippen LogP contribution in [-0.2, 0) is 20.4 Å². The van der Waals surface area contributed by atoms with Crippen LogP contribution in [0.25, 0.3) is 0 Å². The number of hydrogen-bond donors (Lipinski definition) is 1. The topological polar surface area (TPSA) is 86.8 Å². The maximum absolute atomic E-state index is 12.8. The van der Waals surface area contributed by atoms with E-state index in [-0.39, 0.29) is 11.7 Å². The largest absolute Gasteiger partial charge is 0.336 e. The van der Waals surface area contributed by atoms with E-state index in [1.165, 1.54) is 0 Å². The van der Waals surface area contributed by atoms with Crippen molar-refractivity contribution in [3.63, 3.8) is 0 Å². The Morgan fingerprint density at radius 1 is 1.00 bits per heavy atom. The van der Waals surface area contributed by atoms with Crippen LogP contribution in [0.15, 0.2) is 48.5 Å². The molecule has 1 fully saturated rings. The smallest absolute Gasteiger partial charge is 0.253 e. The first-order valence-electron chi connectivity index (χ1n) is 10.4. The van der Waals surface area contributed by atoms with Crippen LogP contribution in [0, 0.1) is 6.92 Å². The molecule has 3 rings (SSSR count). The molecule has 2 aromatic rings. The van der Waals surface area contributed by atoms with E-state index in [0.717, 1.165) is 25.2 Å². The summed E-state index contributed by atoms with van der Waals surface area (Å²) in [4.78, 5) is 29.1.